The van der Waals surface area contributed by atoms with E-state index < -0.39 is 0 Å². The normalized spacial score (nSPS) is 27.5. The molecule has 4 heteroatoms. The van der Waals surface area contributed by atoms with Crippen molar-refractivity contribution in [2.45, 2.75) is 38.6 Å². The Bertz CT molecular complexity index is 418. The molecule has 92 valence electrons. The number of anilines is 1. The van der Waals surface area contributed by atoms with Gasteiger partial charge in [0.05, 0.1) is 0 Å². The Labute approximate surface area is 102 Å². The van der Waals surface area contributed by atoms with E-state index in [2.05, 4.69) is 21.8 Å². The summed E-state index contributed by atoms with van der Waals surface area (Å²) in [4.78, 5) is 11.4. The summed E-state index contributed by atoms with van der Waals surface area (Å²) in [5.41, 5.74) is 8.44. The second kappa shape index (κ2) is 4.26. The number of fused-ring (bicyclic) bond motifs is 1. The Balaban J connectivity index is 1.92. The van der Waals surface area contributed by atoms with Gasteiger partial charge < -0.3 is 10.6 Å². The molecule has 0 bridgehead atoms. The maximum absolute atomic E-state index is 5.79. The zero-order chi connectivity index (χ0) is 11.8. The predicted molar refractivity (Wildman–Crippen MR) is 68.0 cm³/mol. The predicted octanol–water partition coefficient (Wildman–Crippen LogP) is 1.14. The fourth-order valence-electron chi connectivity index (χ4n) is 3.20. The molecule has 0 saturated carbocycles. The lowest BCUT2D eigenvalue weighted by atomic mass is 10.1. The summed E-state index contributed by atoms with van der Waals surface area (Å²) < 4.78 is 0. The van der Waals surface area contributed by atoms with Crippen molar-refractivity contribution < 1.29 is 0 Å². The summed E-state index contributed by atoms with van der Waals surface area (Å²) in [5, 5.41) is 0. The van der Waals surface area contributed by atoms with Crippen LogP contribution in [0.4, 0.5) is 5.82 Å². The summed E-state index contributed by atoms with van der Waals surface area (Å²) in [6.07, 6.45) is 6.40. The van der Waals surface area contributed by atoms with Crippen LogP contribution in [0.1, 0.15) is 31.0 Å². The Kier molecular flexibility index (Phi) is 2.74. The summed E-state index contributed by atoms with van der Waals surface area (Å²) >= 11 is 0. The molecule has 1 aromatic rings. The summed E-state index contributed by atoms with van der Waals surface area (Å²) in [6.45, 7) is 4.12. The molecule has 2 unspecified atom stereocenters. The lowest BCUT2D eigenvalue weighted by Gasteiger charge is -2.24. The van der Waals surface area contributed by atoms with E-state index in [1.807, 2.05) is 0 Å². The highest BCUT2D eigenvalue weighted by Crippen LogP contribution is 2.33. The Morgan fingerprint density at radius 3 is 3.06 bits per heavy atom. The van der Waals surface area contributed by atoms with Crippen molar-refractivity contribution in [2.24, 2.45) is 11.7 Å². The molecule has 1 aliphatic heterocycles. The second-order valence-corrected chi connectivity index (χ2v) is 5.31. The van der Waals surface area contributed by atoms with Crippen LogP contribution in [0.5, 0.6) is 0 Å². The van der Waals surface area contributed by atoms with Gasteiger partial charge in [-0.15, -0.1) is 0 Å². The van der Waals surface area contributed by atoms with Crippen LogP contribution in [0, 0.1) is 5.92 Å². The first-order valence-corrected chi connectivity index (χ1v) is 6.59. The Morgan fingerprint density at radius 2 is 2.29 bits per heavy atom. The third-order valence-electron chi connectivity index (χ3n) is 4.12. The number of rotatable bonds is 2. The van der Waals surface area contributed by atoms with E-state index in [9.17, 15) is 0 Å². The average molecular weight is 232 g/mol. The largest absolute Gasteiger partial charge is 0.353 e. The zero-order valence-corrected chi connectivity index (χ0v) is 10.4. The maximum atomic E-state index is 5.79. The fraction of sp³-hybridized carbons (Fsp3) is 0.692. The molecule has 3 rings (SSSR count). The number of nitrogens with zero attached hydrogens (tertiary/aromatic N) is 3. The number of aryl methyl sites for hydroxylation is 1. The van der Waals surface area contributed by atoms with Gasteiger partial charge in [0.1, 0.15) is 12.1 Å². The van der Waals surface area contributed by atoms with Crippen LogP contribution in [-0.2, 0) is 12.8 Å². The van der Waals surface area contributed by atoms with Crippen molar-refractivity contribution in [3.63, 3.8) is 0 Å². The van der Waals surface area contributed by atoms with Gasteiger partial charge in [-0.3, -0.25) is 0 Å². The van der Waals surface area contributed by atoms with Crippen LogP contribution < -0.4 is 10.6 Å². The second-order valence-electron chi connectivity index (χ2n) is 5.31. The SMILES string of the molecule is CC1CC(CN)CN1c1ncnc2c1CCC2. The number of nitrogens with two attached hydrogens (primary N) is 1. The van der Waals surface area contributed by atoms with E-state index in [-0.39, 0.29) is 0 Å². The molecule has 0 amide bonds. The third-order valence-corrected chi connectivity index (χ3v) is 4.12. The molecule has 1 aliphatic carbocycles. The summed E-state index contributed by atoms with van der Waals surface area (Å²) in [7, 11) is 0. The molecule has 1 aromatic heterocycles. The minimum absolute atomic E-state index is 0.558. The van der Waals surface area contributed by atoms with Crippen LogP contribution >= 0.6 is 0 Å². The van der Waals surface area contributed by atoms with Crippen LogP contribution in [0.3, 0.4) is 0 Å². The van der Waals surface area contributed by atoms with E-state index >= 15 is 0 Å². The number of aromatic nitrogens is 2. The minimum Gasteiger partial charge on any atom is -0.353 e. The monoisotopic (exact) mass is 232 g/mol. The van der Waals surface area contributed by atoms with Gasteiger partial charge in [-0.1, -0.05) is 0 Å². The highest BCUT2D eigenvalue weighted by molar-refractivity contribution is 5.52. The first-order chi connectivity index (χ1) is 8.29. The van der Waals surface area contributed by atoms with Gasteiger partial charge in [0.2, 0.25) is 0 Å². The molecular weight excluding hydrogens is 212 g/mol. The maximum Gasteiger partial charge on any atom is 0.135 e. The number of hydrogen-bond donors (Lipinski definition) is 1. The zero-order valence-electron chi connectivity index (χ0n) is 10.4. The lowest BCUT2D eigenvalue weighted by molar-refractivity contribution is 0.579. The van der Waals surface area contributed by atoms with Gasteiger partial charge in [0, 0.05) is 23.8 Å². The van der Waals surface area contributed by atoms with Crippen LogP contribution in [0.15, 0.2) is 6.33 Å². The quantitative estimate of drug-likeness (QED) is 0.830. The summed E-state index contributed by atoms with van der Waals surface area (Å²) in [6, 6.07) is 0.558. The van der Waals surface area contributed by atoms with Gasteiger partial charge in [-0.2, -0.15) is 0 Å². The van der Waals surface area contributed by atoms with Gasteiger partial charge in [0.15, 0.2) is 0 Å². The van der Waals surface area contributed by atoms with Gasteiger partial charge in [-0.25, -0.2) is 9.97 Å². The molecule has 2 atom stereocenters. The molecular formula is C13H20N4. The standard InChI is InChI=1S/C13H20N4/c1-9-5-10(6-14)7-17(9)13-11-3-2-4-12(11)15-8-16-13/h8-10H,2-7,14H2,1H3. The highest BCUT2D eigenvalue weighted by atomic mass is 15.2. The van der Waals surface area contributed by atoms with Gasteiger partial charge in [0.25, 0.3) is 0 Å². The van der Waals surface area contributed by atoms with E-state index in [1.54, 1.807) is 6.33 Å². The van der Waals surface area contributed by atoms with Crippen LogP contribution in [0.2, 0.25) is 0 Å². The van der Waals surface area contributed by atoms with Crippen molar-refractivity contribution in [1.29, 1.82) is 0 Å². The molecule has 17 heavy (non-hydrogen) atoms. The molecule has 4 nitrogen and oxygen atoms in total. The van der Waals surface area contributed by atoms with Crippen molar-refractivity contribution >= 4 is 5.82 Å². The molecule has 0 aromatic carbocycles. The first kappa shape index (κ1) is 11.0. The van der Waals surface area contributed by atoms with Gasteiger partial charge in [-0.05, 0) is 45.1 Å². The van der Waals surface area contributed by atoms with E-state index in [0.29, 0.717) is 12.0 Å². The Hall–Kier alpha value is -1.16. The molecule has 1 saturated heterocycles. The molecule has 2 heterocycles. The fourth-order valence-corrected chi connectivity index (χ4v) is 3.20. The molecule has 0 spiro atoms. The summed E-state index contributed by atoms with van der Waals surface area (Å²) in [5.74, 6) is 1.80. The third kappa shape index (κ3) is 1.80. The highest BCUT2D eigenvalue weighted by Gasteiger charge is 2.31. The average Bonchev–Trinajstić information content (AvgIpc) is 2.94. The smallest absolute Gasteiger partial charge is 0.135 e. The first-order valence-electron chi connectivity index (χ1n) is 6.59. The van der Waals surface area contributed by atoms with Crippen molar-refractivity contribution in [2.75, 3.05) is 18.0 Å². The Morgan fingerprint density at radius 1 is 1.41 bits per heavy atom. The lowest BCUT2D eigenvalue weighted by Crippen LogP contribution is -2.29. The van der Waals surface area contributed by atoms with Crippen molar-refractivity contribution in [1.82, 2.24) is 9.97 Å². The van der Waals surface area contributed by atoms with E-state index in [0.717, 1.165) is 25.9 Å². The van der Waals surface area contributed by atoms with E-state index in [4.69, 9.17) is 5.73 Å². The van der Waals surface area contributed by atoms with E-state index in [1.165, 1.54) is 29.9 Å². The van der Waals surface area contributed by atoms with Gasteiger partial charge >= 0.3 is 0 Å². The topological polar surface area (TPSA) is 55.0 Å². The molecule has 2 aliphatic rings. The molecule has 1 fully saturated rings. The van der Waals surface area contributed by atoms with Crippen molar-refractivity contribution in [3.05, 3.63) is 17.6 Å². The van der Waals surface area contributed by atoms with Crippen LogP contribution in [-0.4, -0.2) is 29.1 Å². The molecule has 0 radical (unpaired) electrons. The minimum atomic E-state index is 0.558. The van der Waals surface area contributed by atoms with Crippen LogP contribution in [0.25, 0.3) is 0 Å². The molecule has 2 N–H and O–H groups in total. The number of hydrogen-bond acceptors (Lipinski definition) is 4. The van der Waals surface area contributed by atoms with Crippen molar-refractivity contribution in [3.8, 4) is 0 Å².